The van der Waals surface area contributed by atoms with Crippen LogP contribution in [0.4, 0.5) is 5.69 Å². The van der Waals surface area contributed by atoms with E-state index in [0.29, 0.717) is 0 Å². The second kappa shape index (κ2) is 15.9. The van der Waals surface area contributed by atoms with Crippen molar-refractivity contribution >= 4 is 49.6 Å². The van der Waals surface area contributed by atoms with Crippen LogP contribution in [-0.4, -0.2) is 59.9 Å². The van der Waals surface area contributed by atoms with Gasteiger partial charge in [-0.05, 0) is 67.6 Å². The second-order valence-electron chi connectivity index (χ2n) is 8.51. The maximum atomic E-state index is 13.1. The van der Waals surface area contributed by atoms with Crippen LogP contribution in [0, 0.1) is 0 Å². The molecule has 0 saturated carbocycles. The Kier molecular flexibility index (Phi) is 13.5. The number of anilines is 1. The number of H-pyrrole nitrogens is 1. The van der Waals surface area contributed by atoms with Crippen molar-refractivity contribution in [2.45, 2.75) is 16.7 Å². The van der Waals surface area contributed by atoms with Gasteiger partial charge in [0.05, 0.1) is 39.4 Å². The third-order valence-electron chi connectivity index (χ3n) is 5.78. The van der Waals surface area contributed by atoms with E-state index in [2.05, 4.69) is 10.2 Å². The van der Waals surface area contributed by atoms with Crippen LogP contribution in [0.3, 0.4) is 0 Å². The number of allylic oxidation sites excluding steroid dienone is 5. The Hall–Kier alpha value is -3.12. The Morgan fingerprint density at radius 2 is 1.44 bits per heavy atom. The number of hydrogen-bond donors (Lipinski definition) is 1. The summed E-state index contributed by atoms with van der Waals surface area (Å²) >= 11 is 0. The number of ether oxygens (including phenoxy) is 1. The predicted octanol–water partition coefficient (Wildman–Crippen LogP) is -4.33. The minimum atomic E-state index is -4.69. The topological polar surface area (TPSA) is 211 Å². The van der Waals surface area contributed by atoms with Crippen molar-refractivity contribution in [1.82, 2.24) is 9.78 Å². The van der Waals surface area contributed by atoms with Crippen molar-refractivity contribution in [3.63, 3.8) is 0 Å². The molecule has 1 aliphatic heterocycles. The fraction of sp³-hybridized carbons (Fsp3) is 0.0741. The number of aromatic nitrogens is 2. The van der Waals surface area contributed by atoms with Crippen molar-refractivity contribution in [1.29, 1.82) is 0 Å². The van der Waals surface area contributed by atoms with Crippen LogP contribution in [0.1, 0.15) is 12.5 Å². The van der Waals surface area contributed by atoms with Crippen molar-refractivity contribution in [3.8, 4) is 11.6 Å². The fourth-order valence-electron chi connectivity index (χ4n) is 3.82. The van der Waals surface area contributed by atoms with Crippen LogP contribution in [0.5, 0.6) is 5.88 Å². The van der Waals surface area contributed by atoms with Gasteiger partial charge in [0.2, 0.25) is 5.88 Å². The average Bonchev–Trinajstić information content (AvgIpc) is 3.43. The van der Waals surface area contributed by atoms with Gasteiger partial charge in [-0.25, -0.2) is 26.3 Å². The van der Waals surface area contributed by atoms with Crippen molar-refractivity contribution in [3.05, 3.63) is 100 Å². The van der Waals surface area contributed by atoms with Gasteiger partial charge < -0.3 is 13.8 Å². The molecule has 0 saturated heterocycles. The molecule has 0 atom stereocenters. The molecule has 1 amide bonds. The summed E-state index contributed by atoms with van der Waals surface area (Å²) < 4.78 is 73.7. The number of nitrogens with one attached hydrogen (secondary N) is 1. The molecule has 0 aliphatic carbocycles. The van der Waals surface area contributed by atoms with E-state index in [1.54, 1.807) is 12.9 Å². The summed E-state index contributed by atoms with van der Waals surface area (Å²) in [5, 5.41) is 7.77. The number of rotatable bonds is 10. The molecule has 1 aliphatic rings. The second-order valence-corrected chi connectivity index (χ2v) is 11.3. The average molecular weight is 671 g/mol. The quantitative estimate of drug-likeness (QED) is 0.0721. The number of carbonyl (C=O) groups is 1. The van der Waals surface area contributed by atoms with Gasteiger partial charge in [-0.2, -0.15) is 10.1 Å². The molecule has 14 nitrogen and oxygen atoms in total. The van der Waals surface area contributed by atoms with E-state index < -0.39 is 41.5 Å². The summed E-state index contributed by atoms with van der Waals surface area (Å²) in [6, 6.07) is 9.21. The Balaban J connectivity index is 0.00000353. The summed E-state index contributed by atoms with van der Waals surface area (Å²) in [5.41, 5.74) is -0.0161. The zero-order valence-corrected chi connectivity index (χ0v) is 29.7. The van der Waals surface area contributed by atoms with E-state index in [1.807, 2.05) is 0 Å². The molecule has 18 heteroatoms. The number of carbonyl (C=O) groups excluding carboxylic acids is 2. The van der Waals surface area contributed by atoms with E-state index in [-0.39, 0.29) is 99.8 Å². The number of nitrogens with zero attached hydrogens (tertiary/aromatic N) is 3. The van der Waals surface area contributed by atoms with Gasteiger partial charge in [0, 0.05) is 0 Å². The van der Waals surface area contributed by atoms with E-state index in [9.17, 15) is 40.3 Å². The number of aromatic amines is 1. The molecule has 0 bridgehead atoms. The molecule has 0 fully saturated rings. The predicted molar refractivity (Wildman–Crippen MR) is 151 cm³/mol. The maximum absolute atomic E-state index is 13.1. The van der Waals surface area contributed by atoms with Crippen molar-refractivity contribution in [2.24, 2.45) is 5.10 Å². The van der Waals surface area contributed by atoms with Crippen LogP contribution >= 0.6 is 0 Å². The van der Waals surface area contributed by atoms with E-state index in [4.69, 9.17) is 4.74 Å². The number of benzene rings is 2. The number of hydrogen-bond acceptors (Lipinski definition) is 11. The Morgan fingerprint density at radius 1 is 0.889 bits per heavy atom. The van der Waals surface area contributed by atoms with Gasteiger partial charge in [-0.15, -0.1) is 0 Å². The first-order chi connectivity index (χ1) is 20.3. The van der Waals surface area contributed by atoms with E-state index in [1.165, 1.54) is 54.6 Å². The standard InChI is InChI=1S/C27H22N4O10S2.2Na/c1-2-41-25-23(27(34)31(29-25)19-10-14-21(15-11-19)43(38,39)40)7-5-3-4-6-22-24(16-17-32)28-30(26(22)33)18-8-12-20(13-9-18)42(35,36)37;;/h3-16,29H,2H2,1H3,(H,35,36,37)(H,38,39,40);;/q;2*+1/p-2/b4-3?,7-5?,22-6-;;. The smallest absolute Gasteiger partial charge is 0.744 e. The van der Waals surface area contributed by atoms with Gasteiger partial charge in [0.15, 0.2) is 0 Å². The number of amides is 1. The Labute approximate surface area is 301 Å². The molecule has 0 unspecified atom stereocenters. The van der Waals surface area contributed by atoms with Crippen LogP contribution in [-0.2, 0) is 29.8 Å². The summed E-state index contributed by atoms with van der Waals surface area (Å²) in [7, 11) is -9.35. The summed E-state index contributed by atoms with van der Waals surface area (Å²) in [6.45, 7) is 1.93. The van der Waals surface area contributed by atoms with Gasteiger partial charge in [-0.3, -0.25) is 14.7 Å². The van der Waals surface area contributed by atoms with E-state index in [0.717, 1.165) is 40.0 Å². The first-order valence-electron chi connectivity index (χ1n) is 12.1. The van der Waals surface area contributed by atoms with Crippen LogP contribution < -0.4 is 74.4 Å². The molecule has 2 aromatic carbocycles. The van der Waals surface area contributed by atoms with Crippen LogP contribution in [0.25, 0.3) is 11.8 Å². The summed E-state index contributed by atoms with van der Waals surface area (Å²) in [6.07, 6.45) is 8.15. The van der Waals surface area contributed by atoms with E-state index >= 15 is 0 Å². The zero-order valence-electron chi connectivity index (χ0n) is 24.0. The Morgan fingerprint density at radius 3 is 1.96 bits per heavy atom. The normalized spacial score (nSPS) is 14.3. The molecule has 45 heavy (non-hydrogen) atoms. The third kappa shape index (κ3) is 9.00. The summed E-state index contributed by atoms with van der Waals surface area (Å²) in [4.78, 5) is 36.1. The largest absolute Gasteiger partial charge is 1.00 e. The molecule has 2 heterocycles. The molecule has 4 rings (SSSR count). The molecule has 222 valence electrons. The molecular weight excluding hydrogens is 650 g/mol. The minimum Gasteiger partial charge on any atom is -0.744 e. The minimum absolute atomic E-state index is 0. The summed E-state index contributed by atoms with van der Waals surface area (Å²) in [5.74, 6) is 1.03. The molecule has 1 aromatic heterocycles. The molecule has 1 N–H and O–H groups in total. The number of hydrazone groups is 1. The van der Waals surface area contributed by atoms with Crippen molar-refractivity contribution < 1.29 is 99.4 Å². The van der Waals surface area contributed by atoms with Gasteiger partial charge in [-0.1, -0.05) is 18.2 Å². The molecule has 3 aromatic rings. The molecule has 0 spiro atoms. The monoisotopic (exact) mass is 670 g/mol. The zero-order chi connectivity index (χ0) is 31.4. The third-order valence-corrected chi connectivity index (χ3v) is 7.48. The van der Waals surface area contributed by atoms with Gasteiger partial charge in [0.25, 0.3) is 11.5 Å². The van der Waals surface area contributed by atoms with Crippen LogP contribution in [0.15, 0.2) is 104 Å². The van der Waals surface area contributed by atoms with Gasteiger partial charge in [0.1, 0.15) is 37.5 Å². The first kappa shape index (κ1) is 38.1. The van der Waals surface area contributed by atoms with Crippen LogP contribution in [0.2, 0.25) is 0 Å². The SMILES string of the molecule is CCOc1[nH]n(-c2ccc(S(=O)(=O)[O-])cc2)c(=O)c1C=CC=C/C=C1\C(=O)N(c2ccc(S(=O)(=O)[O-])cc2)N=C1C=C=O.[Na+].[Na+]. The van der Waals surface area contributed by atoms with Crippen molar-refractivity contribution in [2.75, 3.05) is 11.6 Å². The first-order valence-corrected chi connectivity index (χ1v) is 15.0. The molecular formula is C27H20N4Na2O10S2. The van der Waals surface area contributed by atoms with Gasteiger partial charge >= 0.3 is 59.1 Å². The fourth-order valence-corrected chi connectivity index (χ4v) is 4.76. The molecule has 0 radical (unpaired) electrons. The Bertz CT molecular complexity index is 2020. The maximum Gasteiger partial charge on any atom is 1.00 e.